The van der Waals surface area contributed by atoms with Crippen LogP contribution in [0.5, 0.6) is 0 Å². The van der Waals surface area contributed by atoms with Crippen LogP contribution in [-0.4, -0.2) is 24.0 Å². The molecule has 0 spiro atoms. The molecule has 30 heavy (non-hydrogen) atoms. The molecule has 154 valence electrons. The Labute approximate surface area is 182 Å². The molecule has 1 aliphatic rings. The molecule has 3 aromatic rings. The van der Waals surface area contributed by atoms with E-state index in [0.717, 1.165) is 34.1 Å². The minimum absolute atomic E-state index is 0.0251. The molecule has 1 aliphatic heterocycles. The zero-order chi connectivity index (χ0) is 21.3. The Morgan fingerprint density at radius 2 is 1.67 bits per heavy atom. The van der Waals surface area contributed by atoms with Crippen molar-refractivity contribution in [3.05, 3.63) is 76.9 Å². The summed E-state index contributed by atoms with van der Waals surface area (Å²) in [6.45, 7) is 7.07. The maximum absolute atomic E-state index is 13.2. The summed E-state index contributed by atoms with van der Waals surface area (Å²) in [6, 6.07) is 17.9. The quantitative estimate of drug-likeness (QED) is 0.556. The molecule has 0 saturated heterocycles. The Morgan fingerprint density at radius 1 is 0.967 bits per heavy atom. The summed E-state index contributed by atoms with van der Waals surface area (Å²) in [7, 11) is 0. The Hall–Kier alpha value is -2.59. The highest BCUT2D eigenvalue weighted by Crippen LogP contribution is 2.42. The molecular formula is C26H27NO2S. The number of thioether (sulfide) groups is 1. The van der Waals surface area contributed by atoms with Gasteiger partial charge in [0.25, 0.3) is 0 Å². The van der Waals surface area contributed by atoms with Crippen LogP contribution < -0.4 is 5.32 Å². The molecule has 3 nitrogen and oxygen atoms in total. The molecular weight excluding hydrogens is 390 g/mol. The second-order valence-corrected chi connectivity index (χ2v) is 9.69. The monoisotopic (exact) mass is 417 g/mol. The minimum atomic E-state index is 0.0251. The lowest BCUT2D eigenvalue weighted by molar-refractivity contribution is -0.120. The van der Waals surface area contributed by atoms with Crippen LogP contribution in [0.15, 0.2) is 59.5 Å². The van der Waals surface area contributed by atoms with E-state index in [0.29, 0.717) is 18.5 Å². The second kappa shape index (κ2) is 8.27. The number of ketones is 1. The number of hydrogen-bond donors (Lipinski definition) is 1. The molecule has 1 N–H and O–H groups in total. The van der Waals surface area contributed by atoms with Gasteiger partial charge in [-0.25, -0.2) is 0 Å². The largest absolute Gasteiger partial charge is 0.356 e. The van der Waals surface area contributed by atoms with E-state index in [1.807, 2.05) is 61.2 Å². The topological polar surface area (TPSA) is 46.2 Å². The summed E-state index contributed by atoms with van der Waals surface area (Å²) in [5.41, 5.74) is 3.79. The minimum Gasteiger partial charge on any atom is -0.356 e. The van der Waals surface area contributed by atoms with Gasteiger partial charge in [-0.1, -0.05) is 44.2 Å². The fraction of sp³-hybridized carbons (Fsp3) is 0.308. The molecule has 0 bridgehead atoms. The van der Waals surface area contributed by atoms with E-state index in [1.54, 1.807) is 0 Å². The molecule has 0 fully saturated rings. The Bertz CT molecular complexity index is 1130. The summed E-state index contributed by atoms with van der Waals surface area (Å²) in [6.07, 6.45) is 1.49. The third kappa shape index (κ3) is 4.15. The number of carbonyl (C=O) groups excluding carboxylic acids is 2. The van der Waals surface area contributed by atoms with Gasteiger partial charge in [-0.3, -0.25) is 9.59 Å². The standard InChI is InChI=1S/C26H27NO2S/c1-4-27-24(28)14-17-5-6-19-15-20(8-7-18(19)13-17)25(29)21-9-10-23-22(16-21)26(2,3)11-12-30-23/h5-10,13,15-16H,4,11-12,14H2,1-3H3,(H,27,28). The van der Waals surface area contributed by atoms with Crippen molar-refractivity contribution in [1.82, 2.24) is 5.32 Å². The SMILES string of the molecule is CCNC(=O)Cc1ccc2cc(C(=O)c3ccc4c(c3)C(C)(C)CCS4)ccc2c1. The van der Waals surface area contributed by atoms with E-state index in [9.17, 15) is 9.59 Å². The van der Waals surface area contributed by atoms with Crippen molar-refractivity contribution in [2.24, 2.45) is 0 Å². The van der Waals surface area contributed by atoms with Crippen molar-refractivity contribution in [3.63, 3.8) is 0 Å². The Balaban J connectivity index is 1.62. The second-order valence-electron chi connectivity index (χ2n) is 8.55. The molecule has 3 aromatic carbocycles. The zero-order valence-corrected chi connectivity index (χ0v) is 18.6. The molecule has 0 saturated carbocycles. The fourth-order valence-corrected chi connectivity index (χ4v) is 5.52. The molecule has 1 heterocycles. The lowest BCUT2D eigenvalue weighted by Crippen LogP contribution is -2.24. The predicted octanol–water partition coefficient (Wildman–Crippen LogP) is 5.52. The van der Waals surface area contributed by atoms with Gasteiger partial charge < -0.3 is 5.32 Å². The Kier molecular flexibility index (Phi) is 5.70. The van der Waals surface area contributed by atoms with Gasteiger partial charge in [-0.2, -0.15) is 0 Å². The molecule has 0 radical (unpaired) electrons. The van der Waals surface area contributed by atoms with Gasteiger partial charge in [0.1, 0.15) is 0 Å². The van der Waals surface area contributed by atoms with Crippen molar-refractivity contribution in [2.75, 3.05) is 12.3 Å². The number of fused-ring (bicyclic) bond motifs is 2. The predicted molar refractivity (Wildman–Crippen MR) is 125 cm³/mol. The van der Waals surface area contributed by atoms with Crippen molar-refractivity contribution in [3.8, 4) is 0 Å². The lowest BCUT2D eigenvalue weighted by atomic mass is 9.80. The van der Waals surface area contributed by atoms with Crippen molar-refractivity contribution >= 4 is 34.2 Å². The number of rotatable bonds is 5. The highest BCUT2D eigenvalue weighted by molar-refractivity contribution is 7.99. The number of carbonyl (C=O) groups is 2. The van der Waals surface area contributed by atoms with Crippen LogP contribution in [0.3, 0.4) is 0 Å². The highest BCUT2D eigenvalue weighted by atomic mass is 32.2. The van der Waals surface area contributed by atoms with Crippen molar-refractivity contribution in [2.45, 2.75) is 43.9 Å². The van der Waals surface area contributed by atoms with E-state index in [4.69, 9.17) is 0 Å². The fourth-order valence-electron chi connectivity index (χ4n) is 4.03. The van der Waals surface area contributed by atoms with Crippen LogP contribution in [0.1, 0.15) is 54.2 Å². The van der Waals surface area contributed by atoms with Crippen molar-refractivity contribution in [1.29, 1.82) is 0 Å². The third-order valence-electron chi connectivity index (χ3n) is 5.86. The number of nitrogens with one attached hydrogen (secondary N) is 1. The smallest absolute Gasteiger partial charge is 0.224 e. The van der Waals surface area contributed by atoms with E-state index in [2.05, 4.69) is 31.3 Å². The Morgan fingerprint density at radius 3 is 2.47 bits per heavy atom. The van der Waals surface area contributed by atoms with Crippen LogP contribution in [0.4, 0.5) is 0 Å². The van der Waals surface area contributed by atoms with Gasteiger partial charge >= 0.3 is 0 Å². The summed E-state index contributed by atoms with van der Waals surface area (Å²) in [4.78, 5) is 26.3. The normalized spacial score (nSPS) is 14.9. The molecule has 0 aromatic heterocycles. The lowest BCUT2D eigenvalue weighted by Gasteiger charge is -2.32. The summed E-state index contributed by atoms with van der Waals surface area (Å²) in [5, 5.41) is 4.87. The van der Waals surface area contributed by atoms with Gasteiger partial charge in [0, 0.05) is 22.6 Å². The van der Waals surface area contributed by atoms with Crippen LogP contribution >= 0.6 is 11.8 Å². The van der Waals surface area contributed by atoms with Crippen LogP contribution in [0.25, 0.3) is 10.8 Å². The maximum Gasteiger partial charge on any atom is 0.224 e. The first-order chi connectivity index (χ1) is 14.4. The number of amides is 1. The third-order valence-corrected chi connectivity index (χ3v) is 6.94. The van der Waals surface area contributed by atoms with E-state index >= 15 is 0 Å². The first-order valence-corrected chi connectivity index (χ1v) is 11.5. The first-order valence-electron chi connectivity index (χ1n) is 10.5. The molecule has 0 unspecified atom stereocenters. The molecule has 0 atom stereocenters. The van der Waals surface area contributed by atoms with Gasteiger partial charge in [0.05, 0.1) is 6.42 Å². The number of benzene rings is 3. The van der Waals surface area contributed by atoms with Gasteiger partial charge in [0.15, 0.2) is 5.78 Å². The van der Waals surface area contributed by atoms with Crippen molar-refractivity contribution < 1.29 is 9.59 Å². The van der Waals surface area contributed by atoms with E-state index in [1.165, 1.54) is 10.5 Å². The molecule has 1 amide bonds. The van der Waals surface area contributed by atoms with Crippen LogP contribution in [-0.2, 0) is 16.6 Å². The van der Waals surface area contributed by atoms with Gasteiger partial charge in [0.2, 0.25) is 5.91 Å². The number of hydrogen-bond acceptors (Lipinski definition) is 3. The molecule has 4 rings (SSSR count). The maximum atomic E-state index is 13.2. The van der Waals surface area contributed by atoms with E-state index in [-0.39, 0.29) is 17.1 Å². The zero-order valence-electron chi connectivity index (χ0n) is 17.7. The van der Waals surface area contributed by atoms with Gasteiger partial charge in [-0.15, -0.1) is 11.8 Å². The summed E-state index contributed by atoms with van der Waals surface area (Å²) < 4.78 is 0. The van der Waals surface area contributed by atoms with Crippen LogP contribution in [0.2, 0.25) is 0 Å². The molecule has 4 heteroatoms. The van der Waals surface area contributed by atoms with Gasteiger partial charge in [-0.05, 0) is 70.7 Å². The van der Waals surface area contributed by atoms with E-state index < -0.39 is 0 Å². The average molecular weight is 418 g/mol. The summed E-state index contributed by atoms with van der Waals surface area (Å²) >= 11 is 1.88. The van der Waals surface area contributed by atoms with Crippen LogP contribution in [0, 0.1) is 0 Å². The average Bonchev–Trinajstić information content (AvgIpc) is 2.72. The molecule has 0 aliphatic carbocycles. The number of likely N-dealkylation sites (N-methyl/N-ethyl adjacent to an activating group) is 1. The summed E-state index contributed by atoms with van der Waals surface area (Å²) in [5.74, 6) is 1.20. The first kappa shape index (κ1) is 20.7. The highest BCUT2D eigenvalue weighted by Gasteiger charge is 2.28.